The second-order valence-electron chi connectivity index (χ2n) is 4.17. The van der Waals surface area contributed by atoms with Crippen LogP contribution >= 0.6 is 15.9 Å². The Hall–Kier alpha value is -1.46. The van der Waals surface area contributed by atoms with Crippen molar-refractivity contribution in [2.24, 2.45) is 0 Å². The fraction of sp³-hybridized carbons (Fsp3) is 0.286. The van der Waals surface area contributed by atoms with Crippen molar-refractivity contribution >= 4 is 15.9 Å². The summed E-state index contributed by atoms with van der Waals surface area (Å²) in [4.78, 5) is 8.39. The summed E-state index contributed by atoms with van der Waals surface area (Å²) in [6, 6.07) is 6.14. The Morgan fingerprint density at radius 3 is 2.63 bits per heavy atom. The van der Waals surface area contributed by atoms with Gasteiger partial charge in [0.25, 0.3) is 0 Å². The van der Waals surface area contributed by atoms with Gasteiger partial charge in [-0.2, -0.15) is 0 Å². The summed E-state index contributed by atoms with van der Waals surface area (Å²) < 4.78 is 6.67. The summed E-state index contributed by atoms with van der Waals surface area (Å²) in [7, 11) is 0. The SMILES string of the molecule is CCNCc1cnc(Oc2ccc(Br)c(C)c2)nc1. The molecule has 0 aliphatic rings. The number of ether oxygens (including phenoxy) is 1. The molecule has 0 atom stereocenters. The molecule has 1 N–H and O–H groups in total. The fourth-order valence-corrected chi connectivity index (χ4v) is 1.79. The van der Waals surface area contributed by atoms with Crippen molar-refractivity contribution in [1.82, 2.24) is 15.3 Å². The summed E-state index contributed by atoms with van der Waals surface area (Å²) >= 11 is 3.45. The van der Waals surface area contributed by atoms with Gasteiger partial charge < -0.3 is 10.1 Å². The molecule has 0 aliphatic carbocycles. The highest BCUT2D eigenvalue weighted by atomic mass is 79.9. The first kappa shape index (κ1) is 14.0. The summed E-state index contributed by atoms with van der Waals surface area (Å²) in [6.45, 7) is 5.77. The Labute approximate surface area is 121 Å². The maximum absolute atomic E-state index is 5.61. The van der Waals surface area contributed by atoms with Gasteiger partial charge in [0.2, 0.25) is 0 Å². The molecule has 1 heterocycles. The van der Waals surface area contributed by atoms with E-state index < -0.39 is 0 Å². The lowest BCUT2D eigenvalue weighted by Gasteiger charge is -2.06. The number of hydrogen-bond acceptors (Lipinski definition) is 4. The van der Waals surface area contributed by atoms with E-state index in [2.05, 4.69) is 38.1 Å². The zero-order valence-corrected chi connectivity index (χ0v) is 12.6. The van der Waals surface area contributed by atoms with Crippen LogP contribution in [0.2, 0.25) is 0 Å². The highest BCUT2D eigenvalue weighted by molar-refractivity contribution is 9.10. The predicted octanol–water partition coefficient (Wildman–Crippen LogP) is 3.45. The van der Waals surface area contributed by atoms with Gasteiger partial charge in [-0.05, 0) is 37.2 Å². The number of aryl methyl sites for hydroxylation is 1. The van der Waals surface area contributed by atoms with Crippen LogP contribution in [0.25, 0.3) is 0 Å². The molecular formula is C14H16BrN3O. The quantitative estimate of drug-likeness (QED) is 0.916. The van der Waals surface area contributed by atoms with Crippen LogP contribution < -0.4 is 10.1 Å². The van der Waals surface area contributed by atoms with E-state index in [0.717, 1.165) is 34.4 Å². The minimum atomic E-state index is 0.363. The van der Waals surface area contributed by atoms with Gasteiger partial charge in [-0.3, -0.25) is 0 Å². The van der Waals surface area contributed by atoms with Crippen molar-refractivity contribution in [3.05, 3.63) is 46.2 Å². The molecule has 0 bridgehead atoms. The molecular weight excluding hydrogens is 306 g/mol. The van der Waals surface area contributed by atoms with E-state index in [-0.39, 0.29) is 0 Å². The van der Waals surface area contributed by atoms with Crippen LogP contribution in [0.15, 0.2) is 35.1 Å². The lowest BCUT2D eigenvalue weighted by atomic mass is 10.2. The highest BCUT2D eigenvalue weighted by Gasteiger charge is 2.03. The van der Waals surface area contributed by atoms with Gasteiger partial charge in [-0.1, -0.05) is 22.9 Å². The fourth-order valence-electron chi connectivity index (χ4n) is 1.54. The van der Waals surface area contributed by atoms with Gasteiger partial charge in [0.1, 0.15) is 5.75 Å². The van der Waals surface area contributed by atoms with E-state index in [1.165, 1.54) is 0 Å². The molecule has 100 valence electrons. The van der Waals surface area contributed by atoms with Gasteiger partial charge in [0, 0.05) is 29.0 Å². The van der Waals surface area contributed by atoms with E-state index >= 15 is 0 Å². The molecule has 0 unspecified atom stereocenters. The van der Waals surface area contributed by atoms with Crippen molar-refractivity contribution in [3.8, 4) is 11.8 Å². The Morgan fingerprint density at radius 1 is 1.26 bits per heavy atom. The average Bonchev–Trinajstić information content (AvgIpc) is 2.42. The molecule has 0 amide bonds. The largest absolute Gasteiger partial charge is 0.424 e. The molecule has 0 saturated heterocycles. The number of halogens is 1. The molecule has 19 heavy (non-hydrogen) atoms. The topological polar surface area (TPSA) is 47.0 Å². The second kappa shape index (κ2) is 6.63. The first-order chi connectivity index (χ1) is 9.19. The third kappa shape index (κ3) is 4.01. The van der Waals surface area contributed by atoms with E-state index in [1.54, 1.807) is 12.4 Å². The van der Waals surface area contributed by atoms with E-state index in [9.17, 15) is 0 Å². The summed E-state index contributed by atoms with van der Waals surface area (Å²) in [5.74, 6) is 0.736. The smallest absolute Gasteiger partial charge is 0.321 e. The van der Waals surface area contributed by atoms with Crippen LogP contribution in [-0.4, -0.2) is 16.5 Å². The van der Waals surface area contributed by atoms with Crippen molar-refractivity contribution < 1.29 is 4.74 Å². The average molecular weight is 322 g/mol. The number of nitrogens with zero attached hydrogens (tertiary/aromatic N) is 2. The number of aromatic nitrogens is 2. The maximum atomic E-state index is 5.61. The predicted molar refractivity (Wildman–Crippen MR) is 78.4 cm³/mol. The van der Waals surface area contributed by atoms with Gasteiger partial charge in [0.15, 0.2) is 0 Å². The molecule has 1 aromatic heterocycles. The van der Waals surface area contributed by atoms with Crippen molar-refractivity contribution in [1.29, 1.82) is 0 Å². The molecule has 0 saturated carbocycles. The molecule has 1 aromatic carbocycles. The molecule has 5 heteroatoms. The zero-order valence-electron chi connectivity index (χ0n) is 11.0. The van der Waals surface area contributed by atoms with Crippen molar-refractivity contribution in [2.45, 2.75) is 20.4 Å². The highest BCUT2D eigenvalue weighted by Crippen LogP contribution is 2.24. The van der Waals surface area contributed by atoms with Crippen molar-refractivity contribution in [2.75, 3.05) is 6.54 Å². The second-order valence-corrected chi connectivity index (χ2v) is 5.02. The van der Waals surface area contributed by atoms with Crippen LogP contribution in [0.5, 0.6) is 11.8 Å². The van der Waals surface area contributed by atoms with E-state index in [0.29, 0.717) is 6.01 Å². The Bertz CT molecular complexity index is 543. The lowest BCUT2D eigenvalue weighted by Crippen LogP contribution is -2.12. The lowest BCUT2D eigenvalue weighted by molar-refractivity contribution is 0.440. The first-order valence-electron chi connectivity index (χ1n) is 6.14. The minimum absolute atomic E-state index is 0.363. The Kier molecular flexibility index (Phi) is 4.87. The third-order valence-corrected chi connectivity index (χ3v) is 3.49. The number of hydrogen-bond donors (Lipinski definition) is 1. The first-order valence-corrected chi connectivity index (χ1v) is 6.94. The van der Waals surface area contributed by atoms with Gasteiger partial charge in [-0.15, -0.1) is 0 Å². The molecule has 0 aliphatic heterocycles. The number of benzene rings is 1. The van der Waals surface area contributed by atoms with Crippen LogP contribution in [0.4, 0.5) is 0 Å². The van der Waals surface area contributed by atoms with Crippen LogP contribution in [-0.2, 0) is 6.54 Å². The van der Waals surface area contributed by atoms with Crippen LogP contribution in [0.3, 0.4) is 0 Å². The van der Waals surface area contributed by atoms with Crippen molar-refractivity contribution in [3.63, 3.8) is 0 Å². The normalized spacial score (nSPS) is 10.5. The zero-order chi connectivity index (χ0) is 13.7. The molecule has 0 fully saturated rings. The van der Waals surface area contributed by atoms with Crippen LogP contribution in [0.1, 0.15) is 18.1 Å². The Morgan fingerprint density at radius 2 is 2.00 bits per heavy atom. The molecule has 0 spiro atoms. The Balaban J connectivity index is 2.04. The molecule has 2 rings (SSSR count). The summed E-state index contributed by atoms with van der Waals surface area (Å²) in [5.41, 5.74) is 2.16. The standard InChI is InChI=1S/C14H16BrN3O/c1-3-16-7-11-8-17-14(18-9-11)19-12-4-5-13(15)10(2)6-12/h4-6,8-9,16H,3,7H2,1-2H3. The minimum Gasteiger partial charge on any atom is -0.424 e. The van der Waals surface area contributed by atoms with E-state index in [4.69, 9.17) is 4.74 Å². The monoisotopic (exact) mass is 321 g/mol. The van der Waals surface area contributed by atoms with Gasteiger partial charge >= 0.3 is 6.01 Å². The number of nitrogens with one attached hydrogen (secondary N) is 1. The molecule has 0 radical (unpaired) electrons. The molecule has 2 aromatic rings. The molecule has 4 nitrogen and oxygen atoms in total. The third-order valence-electron chi connectivity index (χ3n) is 2.60. The van der Waals surface area contributed by atoms with E-state index in [1.807, 2.05) is 25.1 Å². The van der Waals surface area contributed by atoms with Crippen LogP contribution in [0, 0.1) is 6.92 Å². The maximum Gasteiger partial charge on any atom is 0.321 e. The summed E-state index contributed by atoms with van der Waals surface area (Å²) in [6.07, 6.45) is 3.55. The summed E-state index contributed by atoms with van der Waals surface area (Å²) in [5, 5.41) is 3.22. The van der Waals surface area contributed by atoms with Gasteiger partial charge in [-0.25, -0.2) is 9.97 Å². The van der Waals surface area contributed by atoms with Gasteiger partial charge in [0.05, 0.1) is 0 Å². The number of rotatable bonds is 5.